The van der Waals surface area contributed by atoms with Crippen molar-refractivity contribution < 1.29 is 9.53 Å². The molecule has 0 spiro atoms. The van der Waals surface area contributed by atoms with Crippen molar-refractivity contribution in [1.29, 1.82) is 0 Å². The third-order valence-corrected chi connectivity index (χ3v) is 4.95. The average Bonchev–Trinajstić information content (AvgIpc) is 2.68. The van der Waals surface area contributed by atoms with Crippen LogP contribution in [0.3, 0.4) is 0 Å². The molecule has 0 aromatic heterocycles. The molecule has 0 bridgehead atoms. The number of nitrogens with zero attached hydrogens (tertiary/aromatic N) is 1. The third-order valence-electron chi connectivity index (χ3n) is 4.95. The lowest BCUT2D eigenvalue weighted by Gasteiger charge is -2.32. The van der Waals surface area contributed by atoms with Gasteiger partial charge in [0.1, 0.15) is 12.0 Å². The number of ether oxygens (including phenoxy) is 1. The van der Waals surface area contributed by atoms with E-state index in [1.54, 1.807) is 0 Å². The molecule has 0 saturated heterocycles. The number of hydrogen-bond donors (Lipinski definition) is 0. The van der Waals surface area contributed by atoms with E-state index in [4.69, 9.17) is 4.74 Å². The Labute approximate surface area is 163 Å². The SMILES string of the molecule is CCN(CC)CCOC(=O)C(CC)(c1ccccc1)c1ccccc1.Cl. The molecule has 4 heteroatoms. The number of esters is 1. The zero-order valence-corrected chi connectivity index (χ0v) is 16.8. The standard InChI is InChI=1S/C22H29NO2.ClH/c1-4-22(19-13-9-7-10-14-19,20-15-11-8-12-16-20)21(24)25-18-17-23(5-2)6-3;/h7-16H,4-6,17-18H2,1-3H3;1H. The molecule has 142 valence electrons. The molecule has 0 radical (unpaired) electrons. The van der Waals surface area contributed by atoms with E-state index in [0.29, 0.717) is 13.0 Å². The van der Waals surface area contributed by atoms with Gasteiger partial charge in [-0.15, -0.1) is 12.4 Å². The fourth-order valence-corrected chi connectivity index (χ4v) is 3.33. The molecule has 0 heterocycles. The lowest BCUT2D eigenvalue weighted by molar-refractivity contribution is -0.149. The number of carbonyl (C=O) groups excluding carboxylic acids is 1. The van der Waals surface area contributed by atoms with Gasteiger partial charge in [0.2, 0.25) is 0 Å². The van der Waals surface area contributed by atoms with Crippen LogP contribution in [-0.4, -0.2) is 37.1 Å². The van der Waals surface area contributed by atoms with Gasteiger partial charge in [0.25, 0.3) is 0 Å². The largest absolute Gasteiger partial charge is 0.463 e. The van der Waals surface area contributed by atoms with E-state index in [-0.39, 0.29) is 18.4 Å². The number of rotatable bonds is 9. The van der Waals surface area contributed by atoms with Crippen LogP contribution in [0.25, 0.3) is 0 Å². The summed E-state index contributed by atoms with van der Waals surface area (Å²) in [6.45, 7) is 9.40. The Morgan fingerprint density at radius 3 is 1.73 bits per heavy atom. The zero-order valence-electron chi connectivity index (χ0n) is 16.0. The van der Waals surface area contributed by atoms with Crippen LogP contribution in [-0.2, 0) is 14.9 Å². The Bertz CT molecular complexity index is 602. The van der Waals surface area contributed by atoms with Crippen LogP contribution in [0, 0.1) is 0 Å². The van der Waals surface area contributed by atoms with Crippen LogP contribution in [0.4, 0.5) is 0 Å². The summed E-state index contributed by atoms with van der Waals surface area (Å²) in [4.78, 5) is 15.5. The Balaban J connectivity index is 0.00000338. The lowest BCUT2D eigenvalue weighted by Crippen LogP contribution is -2.39. The minimum absolute atomic E-state index is 0. The Hall–Kier alpha value is -1.84. The molecule has 2 aromatic carbocycles. The van der Waals surface area contributed by atoms with Gasteiger partial charge in [-0.05, 0) is 30.6 Å². The molecule has 0 aliphatic carbocycles. The van der Waals surface area contributed by atoms with Gasteiger partial charge < -0.3 is 9.64 Å². The fourth-order valence-electron chi connectivity index (χ4n) is 3.33. The number of benzene rings is 2. The number of hydrogen-bond acceptors (Lipinski definition) is 3. The first-order valence-electron chi connectivity index (χ1n) is 9.19. The van der Waals surface area contributed by atoms with E-state index in [1.807, 2.05) is 67.6 Å². The predicted octanol–water partition coefficient (Wildman–Crippen LogP) is 4.69. The van der Waals surface area contributed by atoms with Crippen molar-refractivity contribution in [2.75, 3.05) is 26.2 Å². The van der Waals surface area contributed by atoms with Gasteiger partial charge >= 0.3 is 5.97 Å². The highest BCUT2D eigenvalue weighted by atomic mass is 35.5. The monoisotopic (exact) mass is 375 g/mol. The van der Waals surface area contributed by atoms with Crippen LogP contribution in [0.1, 0.15) is 38.3 Å². The minimum Gasteiger partial charge on any atom is -0.463 e. The van der Waals surface area contributed by atoms with Gasteiger partial charge in [-0.3, -0.25) is 4.79 Å². The second kappa shape index (κ2) is 11.0. The first-order chi connectivity index (χ1) is 12.2. The fraction of sp³-hybridized carbons (Fsp3) is 0.409. The summed E-state index contributed by atoms with van der Waals surface area (Å²) in [7, 11) is 0. The Kier molecular flexibility index (Phi) is 9.39. The van der Waals surface area contributed by atoms with Gasteiger partial charge in [0, 0.05) is 6.54 Å². The van der Waals surface area contributed by atoms with E-state index in [9.17, 15) is 4.79 Å². The molecule has 0 saturated carbocycles. The second-order valence-corrected chi connectivity index (χ2v) is 6.15. The van der Waals surface area contributed by atoms with Crippen LogP contribution in [0.2, 0.25) is 0 Å². The van der Waals surface area contributed by atoms with Crippen molar-refractivity contribution >= 4 is 18.4 Å². The molecule has 0 fully saturated rings. The molecule has 0 amide bonds. The molecule has 0 atom stereocenters. The molecule has 0 aliphatic rings. The number of carbonyl (C=O) groups is 1. The number of likely N-dealkylation sites (N-methyl/N-ethyl adjacent to an activating group) is 1. The van der Waals surface area contributed by atoms with Crippen LogP contribution in [0.15, 0.2) is 60.7 Å². The predicted molar refractivity (Wildman–Crippen MR) is 110 cm³/mol. The average molecular weight is 376 g/mol. The summed E-state index contributed by atoms with van der Waals surface area (Å²) in [5.41, 5.74) is 1.21. The highest BCUT2D eigenvalue weighted by molar-refractivity contribution is 5.87. The van der Waals surface area contributed by atoms with E-state index in [2.05, 4.69) is 18.7 Å². The van der Waals surface area contributed by atoms with Crippen molar-refractivity contribution in [3.63, 3.8) is 0 Å². The lowest BCUT2D eigenvalue weighted by atomic mass is 9.72. The van der Waals surface area contributed by atoms with Gasteiger partial charge in [-0.2, -0.15) is 0 Å². The molecule has 0 N–H and O–H groups in total. The maximum Gasteiger partial charge on any atom is 0.321 e. The summed E-state index contributed by atoms with van der Waals surface area (Å²) in [5, 5.41) is 0. The molecule has 3 nitrogen and oxygen atoms in total. The highest BCUT2D eigenvalue weighted by Crippen LogP contribution is 2.37. The quantitative estimate of drug-likeness (QED) is 0.595. The highest BCUT2D eigenvalue weighted by Gasteiger charge is 2.41. The first-order valence-corrected chi connectivity index (χ1v) is 9.19. The molecular weight excluding hydrogens is 346 g/mol. The topological polar surface area (TPSA) is 29.5 Å². The molecule has 2 rings (SSSR count). The van der Waals surface area contributed by atoms with Gasteiger partial charge in [0.05, 0.1) is 0 Å². The third kappa shape index (κ3) is 4.87. The summed E-state index contributed by atoms with van der Waals surface area (Å²) in [6, 6.07) is 19.9. The Morgan fingerprint density at radius 2 is 1.35 bits per heavy atom. The van der Waals surface area contributed by atoms with Crippen LogP contribution >= 0.6 is 12.4 Å². The molecule has 2 aromatic rings. The number of halogens is 1. The van der Waals surface area contributed by atoms with E-state index in [1.165, 1.54) is 0 Å². The first kappa shape index (κ1) is 22.2. The maximum atomic E-state index is 13.2. The van der Waals surface area contributed by atoms with Crippen LogP contribution in [0.5, 0.6) is 0 Å². The van der Waals surface area contributed by atoms with Crippen molar-refractivity contribution in [3.05, 3.63) is 71.8 Å². The summed E-state index contributed by atoms with van der Waals surface area (Å²) >= 11 is 0. The molecular formula is C22H30ClNO2. The molecule has 26 heavy (non-hydrogen) atoms. The van der Waals surface area contributed by atoms with Crippen molar-refractivity contribution in [2.24, 2.45) is 0 Å². The van der Waals surface area contributed by atoms with Gasteiger partial charge in [-0.25, -0.2) is 0 Å². The zero-order chi connectivity index (χ0) is 18.1. The Morgan fingerprint density at radius 1 is 0.885 bits per heavy atom. The summed E-state index contributed by atoms with van der Waals surface area (Å²) in [6.07, 6.45) is 0.658. The second-order valence-electron chi connectivity index (χ2n) is 6.15. The molecule has 0 aliphatic heterocycles. The van der Waals surface area contributed by atoms with Gasteiger partial charge in [-0.1, -0.05) is 81.4 Å². The minimum atomic E-state index is -0.758. The van der Waals surface area contributed by atoms with Crippen molar-refractivity contribution in [2.45, 2.75) is 32.6 Å². The smallest absolute Gasteiger partial charge is 0.321 e. The summed E-state index contributed by atoms with van der Waals surface area (Å²) < 4.78 is 5.76. The van der Waals surface area contributed by atoms with Crippen LogP contribution < -0.4 is 0 Å². The van der Waals surface area contributed by atoms with Crippen molar-refractivity contribution in [1.82, 2.24) is 4.90 Å². The normalized spacial score (nSPS) is 11.1. The molecule has 0 unspecified atom stereocenters. The summed E-state index contributed by atoms with van der Waals surface area (Å²) in [5.74, 6) is -0.167. The van der Waals surface area contributed by atoms with Gasteiger partial charge in [0.15, 0.2) is 0 Å². The maximum absolute atomic E-state index is 13.2. The van der Waals surface area contributed by atoms with E-state index in [0.717, 1.165) is 30.8 Å². The van der Waals surface area contributed by atoms with Crippen molar-refractivity contribution in [3.8, 4) is 0 Å². The van der Waals surface area contributed by atoms with E-state index >= 15 is 0 Å². The van der Waals surface area contributed by atoms with E-state index < -0.39 is 5.41 Å².